The summed E-state index contributed by atoms with van der Waals surface area (Å²) in [4.78, 5) is 14.3. The molecule has 3 aromatic rings. The maximum Gasteiger partial charge on any atom is 0.232 e. The minimum Gasteiger partial charge on any atom is -0.352 e. The fourth-order valence-electron chi connectivity index (χ4n) is 4.17. The molecule has 2 heterocycles. The third kappa shape index (κ3) is 5.94. The van der Waals surface area contributed by atoms with Gasteiger partial charge in [-0.1, -0.05) is 49.7 Å². The first-order valence-corrected chi connectivity index (χ1v) is 12.7. The Kier molecular flexibility index (Phi) is 9.02. The zero-order valence-electron chi connectivity index (χ0n) is 20.1. The largest absolute Gasteiger partial charge is 0.352 e. The van der Waals surface area contributed by atoms with Crippen molar-refractivity contribution in [3.8, 4) is 0 Å². The van der Waals surface area contributed by atoms with Crippen molar-refractivity contribution in [3.05, 3.63) is 80.9 Å². The predicted molar refractivity (Wildman–Crippen MR) is 151 cm³/mol. The molecule has 34 heavy (non-hydrogen) atoms. The highest BCUT2D eigenvalue weighted by Gasteiger charge is 2.20. The molecule has 2 aromatic carbocycles. The molecule has 0 amide bonds. The molecular formula is C27H31BrCl2N4. The average molecular weight is 562 g/mol. The molecule has 0 atom stereocenters. The highest BCUT2D eigenvalue weighted by molar-refractivity contribution is 9.10. The third-order valence-corrected chi connectivity index (χ3v) is 6.91. The lowest BCUT2D eigenvalue weighted by Gasteiger charge is -2.29. The van der Waals surface area contributed by atoms with Gasteiger partial charge in [0.15, 0.2) is 0 Å². The third-order valence-electron chi connectivity index (χ3n) is 6.04. The smallest absolute Gasteiger partial charge is 0.232 e. The van der Waals surface area contributed by atoms with Crippen LogP contribution < -0.4 is 9.80 Å². The first-order chi connectivity index (χ1) is 15.9. The summed E-state index contributed by atoms with van der Waals surface area (Å²) in [7, 11) is 0. The molecule has 180 valence electrons. The van der Waals surface area contributed by atoms with Crippen LogP contribution in [0.5, 0.6) is 0 Å². The van der Waals surface area contributed by atoms with Crippen LogP contribution in [0.3, 0.4) is 0 Å². The van der Waals surface area contributed by atoms with Gasteiger partial charge in [-0.2, -0.15) is 4.98 Å². The standard InChI is InChI=1S/C27H30BrClN4.ClH/c1-5-33(25-10-9-21(18(2)3)17-24(25)28)27-30-19(4)15-26(31-27)32-13-11-20(12-14-32)22-7-6-8-23(29)16-22;/h6-11,15-18H,5,12-14H2,1-4H3;1H. The number of nitrogens with zero attached hydrogens (tertiary/aromatic N) is 4. The highest BCUT2D eigenvalue weighted by Crippen LogP contribution is 2.34. The summed E-state index contributed by atoms with van der Waals surface area (Å²) in [5.41, 5.74) is 5.90. The van der Waals surface area contributed by atoms with Crippen molar-refractivity contribution in [1.82, 2.24) is 9.97 Å². The molecule has 0 fully saturated rings. The van der Waals surface area contributed by atoms with E-state index in [9.17, 15) is 0 Å². The molecule has 0 radical (unpaired) electrons. The topological polar surface area (TPSA) is 32.3 Å². The minimum atomic E-state index is 0. The zero-order chi connectivity index (χ0) is 23.5. The van der Waals surface area contributed by atoms with Crippen LogP contribution in [0.4, 0.5) is 17.5 Å². The first kappa shape index (κ1) is 26.5. The molecule has 0 N–H and O–H groups in total. The number of aromatic nitrogens is 2. The lowest BCUT2D eigenvalue weighted by atomic mass is 9.99. The Labute approximate surface area is 222 Å². The van der Waals surface area contributed by atoms with Crippen LogP contribution in [0.2, 0.25) is 5.02 Å². The van der Waals surface area contributed by atoms with Crippen molar-refractivity contribution < 1.29 is 0 Å². The van der Waals surface area contributed by atoms with E-state index >= 15 is 0 Å². The lowest BCUT2D eigenvalue weighted by molar-refractivity contribution is 0.805. The number of hydrogen-bond donors (Lipinski definition) is 0. The van der Waals surface area contributed by atoms with Crippen molar-refractivity contribution in [2.24, 2.45) is 0 Å². The summed E-state index contributed by atoms with van der Waals surface area (Å²) >= 11 is 9.97. The second kappa shape index (κ2) is 11.6. The molecule has 4 nitrogen and oxygen atoms in total. The van der Waals surface area contributed by atoms with E-state index in [-0.39, 0.29) is 12.4 Å². The molecule has 4 rings (SSSR count). The molecule has 7 heteroatoms. The molecule has 0 bridgehead atoms. The van der Waals surface area contributed by atoms with Crippen LogP contribution in [0.25, 0.3) is 5.57 Å². The van der Waals surface area contributed by atoms with Gasteiger partial charge in [-0.25, -0.2) is 4.98 Å². The van der Waals surface area contributed by atoms with Crippen molar-refractivity contribution in [1.29, 1.82) is 0 Å². The van der Waals surface area contributed by atoms with Gasteiger partial charge in [0.2, 0.25) is 5.95 Å². The monoisotopic (exact) mass is 560 g/mol. The maximum absolute atomic E-state index is 6.19. The molecule has 0 saturated heterocycles. The second-order valence-corrected chi connectivity index (χ2v) is 10.0. The molecule has 1 aliphatic heterocycles. The van der Waals surface area contributed by atoms with Crippen molar-refractivity contribution in [2.75, 3.05) is 29.4 Å². The van der Waals surface area contributed by atoms with Crippen molar-refractivity contribution >= 4 is 63.0 Å². The average Bonchev–Trinajstić information content (AvgIpc) is 2.80. The molecule has 1 aromatic heterocycles. The summed E-state index contributed by atoms with van der Waals surface area (Å²) in [6, 6.07) is 16.7. The van der Waals surface area contributed by atoms with Crippen LogP contribution in [-0.2, 0) is 0 Å². The van der Waals surface area contributed by atoms with Crippen LogP contribution in [0, 0.1) is 6.92 Å². The van der Waals surface area contributed by atoms with Gasteiger partial charge in [-0.3, -0.25) is 0 Å². The molecule has 1 aliphatic rings. The molecule has 0 spiro atoms. The van der Waals surface area contributed by atoms with Crippen LogP contribution in [-0.4, -0.2) is 29.6 Å². The Morgan fingerprint density at radius 3 is 2.53 bits per heavy atom. The molecule has 0 saturated carbocycles. The quantitative estimate of drug-likeness (QED) is 0.303. The van der Waals surface area contributed by atoms with Gasteiger partial charge < -0.3 is 9.80 Å². The van der Waals surface area contributed by atoms with Crippen LogP contribution in [0.15, 0.2) is 59.1 Å². The fourth-order valence-corrected chi connectivity index (χ4v) is 4.97. The van der Waals surface area contributed by atoms with Gasteiger partial charge in [-0.05, 0) is 83.1 Å². The molecule has 0 aliphatic carbocycles. The van der Waals surface area contributed by atoms with Gasteiger partial charge in [0.25, 0.3) is 0 Å². The maximum atomic E-state index is 6.19. The molecule has 0 unspecified atom stereocenters. The Bertz CT molecular complexity index is 1180. The molecular weight excluding hydrogens is 531 g/mol. The van der Waals surface area contributed by atoms with Gasteiger partial charge in [-0.15, -0.1) is 12.4 Å². The van der Waals surface area contributed by atoms with Crippen molar-refractivity contribution in [2.45, 2.75) is 40.0 Å². The normalized spacial score (nSPS) is 13.5. The van der Waals surface area contributed by atoms with E-state index in [0.29, 0.717) is 5.92 Å². The van der Waals surface area contributed by atoms with E-state index < -0.39 is 0 Å². The predicted octanol–water partition coefficient (Wildman–Crippen LogP) is 8.20. The number of halogens is 3. The van der Waals surface area contributed by atoms with Crippen molar-refractivity contribution in [3.63, 3.8) is 0 Å². The summed E-state index contributed by atoms with van der Waals surface area (Å²) in [6.07, 6.45) is 3.24. The number of anilines is 3. The van der Waals surface area contributed by atoms with E-state index in [0.717, 1.165) is 58.7 Å². The van der Waals surface area contributed by atoms with Gasteiger partial charge >= 0.3 is 0 Å². The first-order valence-electron chi connectivity index (χ1n) is 11.5. The van der Waals surface area contributed by atoms with Gasteiger partial charge in [0.05, 0.1) is 5.69 Å². The lowest BCUT2D eigenvalue weighted by Crippen LogP contribution is -2.30. The Morgan fingerprint density at radius 1 is 1.12 bits per heavy atom. The van der Waals surface area contributed by atoms with Gasteiger partial charge in [0.1, 0.15) is 5.82 Å². The number of hydrogen-bond acceptors (Lipinski definition) is 4. The highest BCUT2D eigenvalue weighted by atomic mass is 79.9. The summed E-state index contributed by atoms with van der Waals surface area (Å²) in [5, 5.41) is 0.777. The van der Waals surface area contributed by atoms with Crippen LogP contribution >= 0.6 is 39.9 Å². The summed E-state index contributed by atoms with van der Waals surface area (Å²) < 4.78 is 1.06. The number of aryl methyl sites for hydroxylation is 1. The van der Waals surface area contributed by atoms with E-state index in [1.807, 2.05) is 25.1 Å². The second-order valence-electron chi connectivity index (χ2n) is 8.71. The Morgan fingerprint density at radius 2 is 1.91 bits per heavy atom. The van der Waals surface area contributed by atoms with E-state index in [2.05, 4.69) is 82.9 Å². The Hall–Kier alpha value is -2.08. The van der Waals surface area contributed by atoms with Gasteiger partial charge in [0, 0.05) is 40.9 Å². The minimum absolute atomic E-state index is 0. The summed E-state index contributed by atoms with van der Waals surface area (Å²) in [5.74, 6) is 2.18. The Balaban J connectivity index is 0.00000324. The SMILES string of the molecule is CCN(c1nc(C)cc(N2CC=C(c3cccc(Cl)c3)CC2)n1)c1ccc(C(C)C)cc1Br.Cl. The van der Waals surface area contributed by atoms with Crippen LogP contribution in [0.1, 0.15) is 49.9 Å². The van der Waals surface area contributed by atoms with E-state index in [1.165, 1.54) is 16.7 Å². The van der Waals surface area contributed by atoms with E-state index in [4.69, 9.17) is 21.6 Å². The fraction of sp³-hybridized carbons (Fsp3) is 0.333. The number of rotatable bonds is 6. The van der Waals surface area contributed by atoms with E-state index in [1.54, 1.807) is 0 Å². The summed E-state index contributed by atoms with van der Waals surface area (Å²) in [6.45, 7) is 11.1. The number of benzene rings is 2. The zero-order valence-corrected chi connectivity index (χ0v) is 23.2.